The van der Waals surface area contributed by atoms with Gasteiger partial charge in [-0.2, -0.15) is 0 Å². The Kier molecular flexibility index (Phi) is 8.77. The third-order valence-corrected chi connectivity index (χ3v) is 9.62. The summed E-state index contributed by atoms with van der Waals surface area (Å²) in [5.74, 6) is -4.66. The van der Waals surface area contributed by atoms with Crippen LogP contribution in [0.5, 0.6) is 5.75 Å². The second kappa shape index (κ2) is 12.5. The van der Waals surface area contributed by atoms with Crippen molar-refractivity contribution in [1.82, 2.24) is 45.5 Å². The van der Waals surface area contributed by atoms with Crippen LogP contribution in [-0.4, -0.2) is 118 Å². The minimum absolute atomic E-state index is 0.0882. The number of fused-ring (bicyclic) bond motifs is 1. The van der Waals surface area contributed by atoms with Crippen LogP contribution in [0.1, 0.15) is 18.5 Å². The molecule has 17 nitrogen and oxygen atoms in total. The van der Waals surface area contributed by atoms with E-state index < -0.39 is 53.1 Å². The largest absolute Gasteiger partial charge is 0.543 e. The number of nitrogens with zero attached hydrogens (tertiary/aromatic N) is 7. The number of urea groups is 1. The fourth-order valence-corrected chi connectivity index (χ4v) is 7.19. The van der Waals surface area contributed by atoms with Gasteiger partial charge in [0.05, 0.1) is 11.7 Å². The third-order valence-electron chi connectivity index (χ3n) is 7.19. The van der Waals surface area contributed by atoms with Gasteiger partial charge in [0.15, 0.2) is 0 Å². The first-order valence-electron chi connectivity index (χ1n) is 13.3. The Morgan fingerprint density at radius 2 is 1.89 bits per heavy atom. The number of aromatic nitrogens is 4. The fraction of sp³-hybridized carbons (Fsp3) is 0.400. The maximum absolute atomic E-state index is 13.5. The first-order chi connectivity index (χ1) is 21.0. The minimum atomic E-state index is -1.54. The summed E-state index contributed by atoms with van der Waals surface area (Å²) in [6.45, 7) is 2.02. The Morgan fingerprint density at radius 3 is 2.52 bits per heavy atom. The number of tetrazole rings is 1. The van der Waals surface area contributed by atoms with E-state index >= 15 is 0 Å². The van der Waals surface area contributed by atoms with Gasteiger partial charge in [-0.1, -0.05) is 23.9 Å². The standard InChI is InChI=1S/C25H27N9O8S2/c1-3-32-8-9-33(21(39)20(32)38)24(42)27-15(12-4-6-14(35)7-5-12)18(36)26-16-19(37)34-17(23(40)41)13(10-43-22(16)34)11-44-25-28-29-30-31(25)2/h4-7,15-16,22,35H,3,8-11H2,1-2H3,(H,26,36)(H,27,42)(H,40,41)/p-1/t15-,16-,22+/m0/s1. The zero-order chi connectivity index (χ0) is 31.7. The smallest absolute Gasteiger partial charge is 0.325 e. The van der Waals surface area contributed by atoms with E-state index in [1.54, 1.807) is 14.0 Å². The molecule has 5 rings (SSSR count). The van der Waals surface area contributed by atoms with Crippen molar-refractivity contribution in [1.29, 1.82) is 0 Å². The number of piperazine rings is 1. The Labute approximate surface area is 258 Å². The number of hydrogen-bond donors (Lipinski definition) is 3. The van der Waals surface area contributed by atoms with Crippen LogP contribution < -0.4 is 15.7 Å². The summed E-state index contributed by atoms with van der Waals surface area (Å²) in [5.41, 5.74) is 0.353. The molecule has 3 N–H and O–H groups in total. The zero-order valence-corrected chi connectivity index (χ0v) is 25.0. The number of imide groups is 1. The van der Waals surface area contributed by atoms with Crippen molar-refractivity contribution in [3.63, 3.8) is 0 Å². The van der Waals surface area contributed by atoms with Crippen molar-refractivity contribution < 1.29 is 39.0 Å². The highest BCUT2D eigenvalue weighted by atomic mass is 32.2. The average molecular weight is 645 g/mol. The number of benzene rings is 1. The van der Waals surface area contributed by atoms with Crippen molar-refractivity contribution >= 4 is 59.2 Å². The predicted octanol–water partition coefficient (Wildman–Crippen LogP) is -2.45. The molecule has 44 heavy (non-hydrogen) atoms. The molecule has 0 spiro atoms. The number of carbonyl (C=O) groups excluding carboxylic acids is 6. The number of phenolic OH excluding ortho intramolecular Hbond substituents is 1. The van der Waals surface area contributed by atoms with Crippen LogP contribution in [0.25, 0.3) is 0 Å². The van der Waals surface area contributed by atoms with E-state index in [9.17, 15) is 39.0 Å². The lowest BCUT2D eigenvalue weighted by Gasteiger charge is -2.51. The van der Waals surface area contributed by atoms with Gasteiger partial charge in [-0.15, -0.1) is 16.9 Å². The van der Waals surface area contributed by atoms with E-state index in [4.69, 9.17) is 0 Å². The van der Waals surface area contributed by atoms with Crippen LogP contribution in [0.3, 0.4) is 0 Å². The van der Waals surface area contributed by atoms with Gasteiger partial charge in [-0.3, -0.25) is 29.0 Å². The first kappa shape index (κ1) is 30.8. The van der Waals surface area contributed by atoms with Gasteiger partial charge in [0, 0.05) is 38.2 Å². The lowest BCUT2D eigenvalue weighted by atomic mass is 10.0. The maximum Gasteiger partial charge on any atom is 0.325 e. The molecule has 6 amide bonds. The topological polar surface area (TPSA) is 223 Å². The monoisotopic (exact) mass is 644 g/mol. The molecule has 4 heterocycles. The summed E-state index contributed by atoms with van der Waals surface area (Å²) in [4.78, 5) is 79.9. The summed E-state index contributed by atoms with van der Waals surface area (Å²) in [6, 6.07) is 1.76. The van der Waals surface area contributed by atoms with E-state index in [1.807, 2.05) is 0 Å². The summed E-state index contributed by atoms with van der Waals surface area (Å²) in [6.07, 6.45) is 0. The zero-order valence-electron chi connectivity index (χ0n) is 23.3. The number of hydrogen-bond acceptors (Lipinski definition) is 13. The molecular weight excluding hydrogens is 618 g/mol. The number of β-lactam (4-membered cyclic amide) rings is 1. The molecule has 232 valence electrons. The molecule has 1 aromatic carbocycles. The predicted molar refractivity (Wildman–Crippen MR) is 150 cm³/mol. The number of rotatable bonds is 9. The summed E-state index contributed by atoms with van der Waals surface area (Å²) >= 11 is 2.43. The van der Waals surface area contributed by atoms with Gasteiger partial charge in [-0.05, 0) is 40.6 Å². The molecule has 2 saturated heterocycles. The lowest BCUT2D eigenvalue weighted by molar-refractivity contribution is -0.301. The Hall–Kier alpha value is -4.65. The van der Waals surface area contributed by atoms with Gasteiger partial charge in [0.2, 0.25) is 11.1 Å². The van der Waals surface area contributed by atoms with E-state index in [-0.39, 0.29) is 41.6 Å². The molecule has 2 aromatic rings. The highest BCUT2D eigenvalue weighted by molar-refractivity contribution is 8.01. The highest BCUT2D eigenvalue weighted by Crippen LogP contribution is 2.41. The van der Waals surface area contributed by atoms with Crippen LogP contribution in [0.15, 0.2) is 40.7 Å². The molecule has 0 bridgehead atoms. The number of aromatic hydroxyl groups is 1. The van der Waals surface area contributed by atoms with Crippen LogP contribution in [-0.2, 0) is 31.0 Å². The molecule has 3 aliphatic heterocycles. The van der Waals surface area contributed by atoms with Gasteiger partial charge < -0.3 is 30.5 Å². The number of carboxylic acids is 1. The quantitative estimate of drug-likeness (QED) is 0.147. The van der Waals surface area contributed by atoms with Crippen LogP contribution in [0, 0.1) is 0 Å². The number of carboxylic acid groups (broad SMARTS) is 1. The van der Waals surface area contributed by atoms with Gasteiger partial charge in [-0.25, -0.2) is 9.48 Å². The molecular formula is C25H26N9O8S2-. The number of phenols is 1. The third kappa shape index (κ3) is 5.79. The number of likely N-dealkylation sites (N-methyl/N-ethyl adjacent to an activating group) is 1. The number of nitrogens with one attached hydrogen (secondary N) is 2. The normalized spacial score (nSPS) is 20.7. The number of thioether (sulfide) groups is 2. The Bertz CT molecular complexity index is 1560. The number of aryl methyl sites for hydroxylation is 1. The second-order valence-corrected chi connectivity index (χ2v) is 11.9. The molecule has 0 aliphatic carbocycles. The van der Waals surface area contributed by atoms with Gasteiger partial charge in [0.1, 0.15) is 23.2 Å². The van der Waals surface area contributed by atoms with Gasteiger partial charge >= 0.3 is 17.8 Å². The van der Waals surface area contributed by atoms with Crippen molar-refractivity contribution in [3.8, 4) is 5.75 Å². The molecule has 1 aromatic heterocycles. The second-order valence-electron chi connectivity index (χ2n) is 9.83. The molecule has 3 aliphatic rings. The molecule has 3 atom stereocenters. The molecule has 0 radical (unpaired) electrons. The van der Waals surface area contributed by atoms with E-state index in [0.29, 0.717) is 22.2 Å². The SMILES string of the molecule is CCN1CCN(C(=O)N[C@H](C(=O)N[C@H]2C(=O)N3C(C(=O)[O-])=C(CSc4nnnn4C)CS[C@H]23)c2ccc(O)cc2)C(=O)C1=O. The molecule has 0 unspecified atom stereocenters. The first-order valence-corrected chi connectivity index (χ1v) is 15.3. The number of aliphatic carboxylic acids is 1. The van der Waals surface area contributed by atoms with Crippen molar-refractivity contribution in [3.05, 3.63) is 41.1 Å². The number of amides is 6. The highest BCUT2D eigenvalue weighted by Gasteiger charge is 2.53. The molecule has 2 fully saturated rings. The van der Waals surface area contributed by atoms with Gasteiger partial charge in [0.25, 0.3) is 5.91 Å². The molecule has 0 saturated carbocycles. The van der Waals surface area contributed by atoms with Crippen molar-refractivity contribution in [2.75, 3.05) is 31.1 Å². The Balaban J connectivity index is 1.31. The van der Waals surface area contributed by atoms with Crippen molar-refractivity contribution in [2.45, 2.75) is 29.5 Å². The summed E-state index contributed by atoms with van der Waals surface area (Å²) in [5, 5.41) is 37.7. The lowest BCUT2D eigenvalue weighted by Crippen LogP contribution is -2.71. The maximum atomic E-state index is 13.5. The van der Waals surface area contributed by atoms with E-state index in [2.05, 4.69) is 26.2 Å². The van der Waals surface area contributed by atoms with Crippen molar-refractivity contribution in [2.24, 2.45) is 7.05 Å². The van der Waals surface area contributed by atoms with E-state index in [1.165, 1.54) is 57.4 Å². The minimum Gasteiger partial charge on any atom is -0.543 e. The Morgan fingerprint density at radius 1 is 1.16 bits per heavy atom. The fourth-order valence-electron chi connectivity index (χ4n) is 4.85. The average Bonchev–Trinajstić information content (AvgIpc) is 3.42. The van der Waals surface area contributed by atoms with Crippen LogP contribution in [0.2, 0.25) is 0 Å². The van der Waals surface area contributed by atoms with Crippen LogP contribution >= 0.6 is 23.5 Å². The van der Waals surface area contributed by atoms with Crippen LogP contribution in [0.4, 0.5) is 4.79 Å². The summed E-state index contributed by atoms with van der Waals surface area (Å²) < 4.78 is 1.42. The summed E-state index contributed by atoms with van der Waals surface area (Å²) in [7, 11) is 1.63. The number of carbonyl (C=O) groups is 6. The van der Waals surface area contributed by atoms with E-state index in [0.717, 1.165) is 4.90 Å². The molecule has 19 heteroatoms.